The van der Waals surface area contributed by atoms with E-state index in [-0.39, 0.29) is 5.41 Å². The summed E-state index contributed by atoms with van der Waals surface area (Å²) in [5, 5.41) is 11.8. The Bertz CT molecular complexity index is 454. The molecule has 0 aliphatic rings. The van der Waals surface area contributed by atoms with Gasteiger partial charge in [0.25, 0.3) is 0 Å². The molecule has 0 aromatic carbocycles. The van der Waals surface area contributed by atoms with Gasteiger partial charge in [0.2, 0.25) is 0 Å². The number of rotatable bonds is 4. The van der Waals surface area contributed by atoms with Crippen LogP contribution in [0.5, 0.6) is 0 Å². The fourth-order valence-corrected chi connectivity index (χ4v) is 2.42. The molecule has 0 aliphatic carbocycles. The SMILES string of the molecule is CCOC(=O)C(C#N)Cc1nc(C(C)(C)C)cs1. The van der Waals surface area contributed by atoms with Crippen molar-refractivity contribution in [3.8, 4) is 6.07 Å². The number of esters is 1. The molecule has 1 rings (SSSR count). The number of hydrogen-bond acceptors (Lipinski definition) is 5. The van der Waals surface area contributed by atoms with Gasteiger partial charge in [-0.05, 0) is 6.92 Å². The third-order valence-corrected chi connectivity index (χ3v) is 3.30. The topological polar surface area (TPSA) is 63.0 Å². The van der Waals surface area contributed by atoms with Crippen LogP contribution in [0.1, 0.15) is 38.4 Å². The molecule has 0 spiro atoms. The van der Waals surface area contributed by atoms with Crippen molar-refractivity contribution in [3.05, 3.63) is 16.1 Å². The molecule has 1 atom stereocenters. The standard InChI is InChI=1S/C13H18N2O2S/c1-5-17-12(16)9(7-14)6-11-15-10(8-18-11)13(2,3)4/h8-9H,5-6H2,1-4H3. The first kappa shape index (κ1) is 14.7. The summed E-state index contributed by atoms with van der Waals surface area (Å²) in [5.41, 5.74) is 0.976. The molecule has 1 aromatic rings. The lowest BCUT2D eigenvalue weighted by Gasteiger charge is -2.14. The third kappa shape index (κ3) is 3.81. The Balaban J connectivity index is 2.75. The van der Waals surface area contributed by atoms with Crippen molar-refractivity contribution < 1.29 is 9.53 Å². The Morgan fingerprint density at radius 1 is 1.61 bits per heavy atom. The molecule has 0 amide bonds. The molecule has 0 aliphatic heterocycles. The summed E-state index contributed by atoms with van der Waals surface area (Å²) in [6.07, 6.45) is 0.329. The molecule has 4 nitrogen and oxygen atoms in total. The predicted octanol–water partition coefficient (Wildman–Crippen LogP) is 2.69. The van der Waals surface area contributed by atoms with Crippen molar-refractivity contribution in [2.75, 3.05) is 6.61 Å². The Morgan fingerprint density at radius 2 is 2.28 bits per heavy atom. The number of thiazole rings is 1. The molecule has 0 radical (unpaired) electrons. The minimum atomic E-state index is -0.760. The van der Waals surface area contributed by atoms with E-state index in [1.54, 1.807) is 6.92 Å². The quantitative estimate of drug-likeness (QED) is 0.786. The second kappa shape index (κ2) is 5.96. The van der Waals surface area contributed by atoms with Gasteiger partial charge in [0.05, 0.1) is 23.4 Å². The summed E-state index contributed by atoms with van der Waals surface area (Å²) in [6.45, 7) is 8.27. The second-order valence-corrected chi connectivity index (χ2v) is 5.96. The van der Waals surface area contributed by atoms with E-state index < -0.39 is 11.9 Å². The van der Waals surface area contributed by atoms with E-state index in [1.165, 1.54) is 11.3 Å². The lowest BCUT2D eigenvalue weighted by atomic mass is 9.93. The summed E-state index contributed by atoms with van der Waals surface area (Å²) in [7, 11) is 0. The zero-order valence-corrected chi connectivity index (χ0v) is 12.0. The monoisotopic (exact) mass is 266 g/mol. The maximum atomic E-state index is 11.5. The smallest absolute Gasteiger partial charge is 0.323 e. The molecule has 98 valence electrons. The van der Waals surface area contributed by atoms with E-state index in [9.17, 15) is 4.79 Å². The summed E-state index contributed by atoms with van der Waals surface area (Å²) >= 11 is 1.49. The minimum absolute atomic E-state index is 0.0131. The first-order valence-corrected chi connectivity index (χ1v) is 6.77. The normalized spacial score (nSPS) is 12.8. The molecule has 1 heterocycles. The van der Waals surface area contributed by atoms with Crippen molar-refractivity contribution in [1.29, 1.82) is 5.26 Å². The van der Waals surface area contributed by atoms with Crippen LogP contribution in [0.3, 0.4) is 0 Å². The van der Waals surface area contributed by atoms with Crippen LogP contribution in [0.15, 0.2) is 5.38 Å². The Morgan fingerprint density at radius 3 is 2.72 bits per heavy atom. The fourth-order valence-electron chi connectivity index (χ4n) is 1.35. The third-order valence-electron chi connectivity index (χ3n) is 2.43. The van der Waals surface area contributed by atoms with E-state index in [1.807, 2.05) is 11.4 Å². The molecule has 1 aromatic heterocycles. The molecule has 0 N–H and O–H groups in total. The van der Waals surface area contributed by atoms with Crippen LogP contribution in [0.4, 0.5) is 0 Å². The van der Waals surface area contributed by atoms with E-state index in [2.05, 4.69) is 25.8 Å². The second-order valence-electron chi connectivity index (χ2n) is 5.01. The molecular formula is C13H18N2O2S. The van der Waals surface area contributed by atoms with E-state index >= 15 is 0 Å². The summed E-state index contributed by atoms with van der Waals surface area (Å²) in [6, 6.07) is 1.98. The maximum absolute atomic E-state index is 11.5. The Hall–Kier alpha value is -1.41. The molecule has 0 saturated carbocycles. The van der Waals surface area contributed by atoms with Crippen LogP contribution in [0, 0.1) is 17.2 Å². The molecule has 1 unspecified atom stereocenters. The van der Waals surface area contributed by atoms with Crippen molar-refractivity contribution >= 4 is 17.3 Å². The summed E-state index contributed by atoms with van der Waals surface area (Å²) in [4.78, 5) is 16.0. The zero-order chi connectivity index (χ0) is 13.8. The summed E-state index contributed by atoms with van der Waals surface area (Å²) < 4.78 is 4.86. The summed E-state index contributed by atoms with van der Waals surface area (Å²) in [5.74, 6) is -1.23. The van der Waals surface area contributed by atoms with E-state index in [0.717, 1.165) is 10.7 Å². The molecule has 0 bridgehead atoms. The van der Waals surface area contributed by atoms with Crippen molar-refractivity contribution in [2.24, 2.45) is 5.92 Å². The first-order chi connectivity index (χ1) is 8.38. The Labute approximate surface area is 112 Å². The van der Waals surface area contributed by atoms with Crippen LogP contribution in [0.2, 0.25) is 0 Å². The molecular weight excluding hydrogens is 248 g/mol. The van der Waals surface area contributed by atoms with Crippen molar-refractivity contribution in [3.63, 3.8) is 0 Å². The molecule has 5 heteroatoms. The first-order valence-electron chi connectivity index (χ1n) is 5.89. The minimum Gasteiger partial charge on any atom is -0.465 e. The van der Waals surface area contributed by atoms with E-state index in [4.69, 9.17) is 10.00 Å². The highest BCUT2D eigenvalue weighted by molar-refractivity contribution is 7.09. The van der Waals surface area contributed by atoms with Gasteiger partial charge in [0.1, 0.15) is 5.92 Å². The van der Waals surface area contributed by atoms with Crippen molar-refractivity contribution in [2.45, 2.75) is 39.5 Å². The van der Waals surface area contributed by atoms with Gasteiger partial charge >= 0.3 is 5.97 Å². The molecule has 18 heavy (non-hydrogen) atoms. The fraction of sp³-hybridized carbons (Fsp3) is 0.615. The van der Waals surface area contributed by atoms with Gasteiger partial charge in [-0.2, -0.15) is 5.26 Å². The van der Waals surface area contributed by atoms with Gasteiger partial charge in [-0.15, -0.1) is 11.3 Å². The average molecular weight is 266 g/mol. The lowest BCUT2D eigenvalue weighted by molar-refractivity contribution is -0.145. The average Bonchev–Trinajstić information content (AvgIpc) is 2.74. The number of aromatic nitrogens is 1. The number of nitriles is 1. The van der Waals surface area contributed by atoms with Crippen LogP contribution >= 0.6 is 11.3 Å². The number of ether oxygens (including phenoxy) is 1. The maximum Gasteiger partial charge on any atom is 0.323 e. The number of hydrogen-bond donors (Lipinski definition) is 0. The van der Waals surface area contributed by atoms with Crippen LogP contribution in [-0.4, -0.2) is 17.6 Å². The van der Waals surface area contributed by atoms with Gasteiger partial charge in [0.15, 0.2) is 0 Å². The van der Waals surface area contributed by atoms with Gasteiger partial charge in [-0.25, -0.2) is 4.98 Å². The lowest BCUT2D eigenvalue weighted by Crippen LogP contribution is -2.18. The highest BCUT2D eigenvalue weighted by Gasteiger charge is 2.23. The highest BCUT2D eigenvalue weighted by atomic mass is 32.1. The van der Waals surface area contributed by atoms with Gasteiger partial charge in [-0.3, -0.25) is 4.79 Å². The molecule has 0 saturated heterocycles. The number of nitrogens with zero attached hydrogens (tertiary/aromatic N) is 2. The van der Waals surface area contributed by atoms with Crippen molar-refractivity contribution in [1.82, 2.24) is 4.98 Å². The van der Waals surface area contributed by atoms with Gasteiger partial charge in [0, 0.05) is 17.2 Å². The number of carbonyl (C=O) groups excluding carboxylic acids is 1. The zero-order valence-electron chi connectivity index (χ0n) is 11.2. The van der Waals surface area contributed by atoms with Crippen LogP contribution in [0.25, 0.3) is 0 Å². The Kier molecular flexibility index (Phi) is 4.85. The van der Waals surface area contributed by atoms with Gasteiger partial charge in [-0.1, -0.05) is 20.8 Å². The highest BCUT2D eigenvalue weighted by Crippen LogP contribution is 2.25. The largest absolute Gasteiger partial charge is 0.465 e. The van der Waals surface area contributed by atoms with Crippen LogP contribution in [-0.2, 0) is 21.4 Å². The molecule has 0 fully saturated rings. The number of carbonyl (C=O) groups is 1. The van der Waals surface area contributed by atoms with Gasteiger partial charge < -0.3 is 4.74 Å². The van der Waals surface area contributed by atoms with Crippen LogP contribution < -0.4 is 0 Å². The van der Waals surface area contributed by atoms with E-state index in [0.29, 0.717) is 13.0 Å². The predicted molar refractivity (Wildman–Crippen MR) is 70.3 cm³/mol.